The van der Waals surface area contributed by atoms with E-state index in [-0.39, 0.29) is 24.0 Å². The molecule has 2 amide bonds. The van der Waals surface area contributed by atoms with Crippen LogP contribution in [0.1, 0.15) is 32.3 Å². The molecule has 2 aromatic carbocycles. The molecule has 1 aliphatic heterocycles. The Morgan fingerprint density at radius 1 is 1.00 bits per heavy atom. The highest BCUT2D eigenvalue weighted by Crippen LogP contribution is 2.19. The summed E-state index contributed by atoms with van der Waals surface area (Å²) in [7, 11) is 0. The Bertz CT molecular complexity index is 800. The van der Waals surface area contributed by atoms with E-state index in [1.807, 2.05) is 25.1 Å². The van der Waals surface area contributed by atoms with Crippen LogP contribution in [0.3, 0.4) is 0 Å². The van der Waals surface area contributed by atoms with Crippen molar-refractivity contribution in [3.05, 3.63) is 60.2 Å². The first-order chi connectivity index (χ1) is 14.0. The van der Waals surface area contributed by atoms with E-state index in [1.165, 1.54) is 12.5 Å². The van der Waals surface area contributed by atoms with Gasteiger partial charge in [-0.15, -0.1) is 0 Å². The second-order valence-corrected chi connectivity index (χ2v) is 7.46. The van der Waals surface area contributed by atoms with E-state index in [1.54, 1.807) is 24.3 Å². The predicted molar refractivity (Wildman–Crippen MR) is 115 cm³/mol. The number of hydrogen-bond acceptors (Lipinski definition) is 4. The molecule has 1 saturated heterocycles. The van der Waals surface area contributed by atoms with Gasteiger partial charge in [0.05, 0.1) is 18.8 Å². The number of carbonyl (C=O) groups excluding carboxylic acids is 2. The summed E-state index contributed by atoms with van der Waals surface area (Å²) in [6, 6.07) is 17.1. The molecule has 6 heteroatoms. The summed E-state index contributed by atoms with van der Waals surface area (Å²) in [5, 5.41) is 5.67. The van der Waals surface area contributed by atoms with Crippen LogP contribution in [0.15, 0.2) is 54.6 Å². The number of nitrogens with zero attached hydrogens (tertiary/aromatic N) is 1. The van der Waals surface area contributed by atoms with Crippen molar-refractivity contribution in [3.63, 3.8) is 0 Å². The number of rotatable bonds is 7. The SMILES string of the molecule is CC(=O)Nc1ccc(NC(=O)[C@@H](C)N2CCC(OCc3ccccc3)CC2)cc1. The maximum absolute atomic E-state index is 12.6. The van der Waals surface area contributed by atoms with Crippen LogP contribution in [0.25, 0.3) is 0 Å². The number of ether oxygens (including phenoxy) is 1. The molecule has 3 rings (SSSR count). The number of benzene rings is 2. The topological polar surface area (TPSA) is 70.7 Å². The summed E-state index contributed by atoms with van der Waals surface area (Å²) in [6.07, 6.45) is 2.09. The number of anilines is 2. The predicted octanol–water partition coefficient (Wildman–Crippen LogP) is 3.65. The molecule has 1 fully saturated rings. The van der Waals surface area contributed by atoms with Crippen LogP contribution in [0.2, 0.25) is 0 Å². The van der Waals surface area contributed by atoms with Crippen molar-refractivity contribution in [2.45, 2.75) is 45.4 Å². The van der Waals surface area contributed by atoms with Crippen molar-refractivity contribution in [3.8, 4) is 0 Å². The molecule has 2 aromatic rings. The van der Waals surface area contributed by atoms with Gasteiger partial charge >= 0.3 is 0 Å². The van der Waals surface area contributed by atoms with E-state index in [9.17, 15) is 9.59 Å². The number of nitrogens with one attached hydrogen (secondary N) is 2. The first-order valence-corrected chi connectivity index (χ1v) is 10.1. The summed E-state index contributed by atoms with van der Waals surface area (Å²) in [6.45, 7) is 5.72. The van der Waals surface area contributed by atoms with E-state index in [4.69, 9.17) is 4.74 Å². The van der Waals surface area contributed by atoms with Crippen LogP contribution in [0.5, 0.6) is 0 Å². The van der Waals surface area contributed by atoms with E-state index < -0.39 is 0 Å². The fraction of sp³-hybridized carbons (Fsp3) is 0.391. The maximum Gasteiger partial charge on any atom is 0.241 e. The minimum Gasteiger partial charge on any atom is -0.373 e. The second kappa shape index (κ2) is 10.2. The fourth-order valence-electron chi connectivity index (χ4n) is 3.47. The molecule has 6 nitrogen and oxygen atoms in total. The first-order valence-electron chi connectivity index (χ1n) is 10.1. The van der Waals surface area contributed by atoms with Gasteiger partial charge in [0.15, 0.2) is 0 Å². The van der Waals surface area contributed by atoms with Crippen molar-refractivity contribution in [1.29, 1.82) is 0 Å². The van der Waals surface area contributed by atoms with Gasteiger partial charge in [0.2, 0.25) is 11.8 Å². The molecule has 1 atom stereocenters. The zero-order valence-corrected chi connectivity index (χ0v) is 17.1. The lowest BCUT2D eigenvalue weighted by Gasteiger charge is -2.35. The highest BCUT2D eigenvalue weighted by Gasteiger charge is 2.27. The van der Waals surface area contributed by atoms with Crippen LogP contribution in [0, 0.1) is 0 Å². The third kappa shape index (κ3) is 6.41. The molecule has 29 heavy (non-hydrogen) atoms. The number of likely N-dealkylation sites (tertiary alicyclic amines) is 1. The van der Waals surface area contributed by atoms with Crippen LogP contribution in [-0.4, -0.2) is 41.9 Å². The van der Waals surface area contributed by atoms with Crippen LogP contribution >= 0.6 is 0 Å². The van der Waals surface area contributed by atoms with Gasteiger partial charge in [-0.1, -0.05) is 30.3 Å². The molecule has 0 saturated carbocycles. The molecule has 1 aliphatic rings. The monoisotopic (exact) mass is 395 g/mol. The lowest BCUT2D eigenvalue weighted by Crippen LogP contribution is -2.47. The molecule has 154 valence electrons. The zero-order chi connectivity index (χ0) is 20.6. The van der Waals surface area contributed by atoms with Gasteiger partial charge in [-0.05, 0) is 49.6 Å². The van der Waals surface area contributed by atoms with E-state index in [2.05, 4.69) is 27.7 Å². The lowest BCUT2D eigenvalue weighted by atomic mass is 10.1. The minimum absolute atomic E-state index is 0.0269. The van der Waals surface area contributed by atoms with E-state index in [0.29, 0.717) is 12.3 Å². The lowest BCUT2D eigenvalue weighted by molar-refractivity contribution is -0.122. The smallest absolute Gasteiger partial charge is 0.241 e. The number of piperidine rings is 1. The number of hydrogen-bond donors (Lipinski definition) is 2. The van der Waals surface area contributed by atoms with E-state index in [0.717, 1.165) is 31.6 Å². The molecule has 0 aliphatic carbocycles. The normalized spacial score (nSPS) is 16.2. The van der Waals surface area contributed by atoms with Gasteiger partial charge in [-0.3, -0.25) is 14.5 Å². The highest BCUT2D eigenvalue weighted by molar-refractivity contribution is 5.95. The Kier molecular flexibility index (Phi) is 7.38. The standard InChI is InChI=1S/C23H29N3O3/c1-17(23(28)25-21-10-8-20(9-11-21)24-18(2)27)26-14-12-22(13-15-26)29-16-19-6-4-3-5-7-19/h3-11,17,22H,12-16H2,1-2H3,(H,24,27)(H,25,28)/t17-/m1/s1. The summed E-state index contributed by atoms with van der Waals surface area (Å²) < 4.78 is 6.03. The first kappa shape index (κ1) is 21.0. The molecular weight excluding hydrogens is 366 g/mol. The molecule has 1 heterocycles. The molecule has 0 aromatic heterocycles. The molecule has 0 radical (unpaired) electrons. The maximum atomic E-state index is 12.6. The quantitative estimate of drug-likeness (QED) is 0.751. The van der Waals surface area contributed by atoms with E-state index >= 15 is 0 Å². The third-order valence-electron chi connectivity index (χ3n) is 5.21. The van der Waals surface area contributed by atoms with Gasteiger partial charge in [0.1, 0.15) is 0 Å². The zero-order valence-electron chi connectivity index (χ0n) is 17.1. The Morgan fingerprint density at radius 3 is 2.17 bits per heavy atom. The van der Waals surface area contributed by atoms with Crippen molar-refractivity contribution in [2.75, 3.05) is 23.7 Å². The number of carbonyl (C=O) groups is 2. The molecule has 0 unspecified atom stereocenters. The summed E-state index contributed by atoms with van der Waals surface area (Å²) >= 11 is 0. The summed E-state index contributed by atoms with van der Waals surface area (Å²) in [5.41, 5.74) is 2.62. The second-order valence-electron chi connectivity index (χ2n) is 7.46. The molecule has 2 N–H and O–H groups in total. The van der Waals surface area contributed by atoms with Gasteiger partial charge in [0.25, 0.3) is 0 Å². The van der Waals surface area contributed by atoms with Crippen LogP contribution in [-0.2, 0) is 20.9 Å². The van der Waals surface area contributed by atoms with Gasteiger partial charge in [0, 0.05) is 31.4 Å². The van der Waals surface area contributed by atoms with Gasteiger partial charge < -0.3 is 15.4 Å². The minimum atomic E-state index is -0.208. The molecule has 0 bridgehead atoms. The largest absolute Gasteiger partial charge is 0.373 e. The Balaban J connectivity index is 1.43. The summed E-state index contributed by atoms with van der Waals surface area (Å²) in [4.78, 5) is 25.9. The fourth-order valence-corrected chi connectivity index (χ4v) is 3.47. The summed E-state index contributed by atoms with van der Waals surface area (Å²) in [5.74, 6) is -0.146. The Morgan fingerprint density at radius 2 is 1.59 bits per heavy atom. The number of amides is 2. The van der Waals surface area contributed by atoms with Gasteiger partial charge in [-0.2, -0.15) is 0 Å². The van der Waals surface area contributed by atoms with Crippen LogP contribution in [0.4, 0.5) is 11.4 Å². The van der Waals surface area contributed by atoms with Crippen molar-refractivity contribution >= 4 is 23.2 Å². The van der Waals surface area contributed by atoms with Crippen molar-refractivity contribution in [1.82, 2.24) is 4.90 Å². The Labute approximate surface area is 172 Å². The van der Waals surface area contributed by atoms with Gasteiger partial charge in [-0.25, -0.2) is 0 Å². The van der Waals surface area contributed by atoms with Crippen molar-refractivity contribution in [2.24, 2.45) is 0 Å². The Hall–Kier alpha value is -2.70. The molecular formula is C23H29N3O3. The average Bonchev–Trinajstić information content (AvgIpc) is 2.74. The third-order valence-corrected chi connectivity index (χ3v) is 5.21. The average molecular weight is 396 g/mol. The highest BCUT2D eigenvalue weighted by atomic mass is 16.5. The molecule has 0 spiro atoms. The van der Waals surface area contributed by atoms with Crippen LogP contribution < -0.4 is 10.6 Å². The van der Waals surface area contributed by atoms with Crippen molar-refractivity contribution < 1.29 is 14.3 Å².